The Balaban J connectivity index is 1.41. The van der Waals surface area contributed by atoms with Gasteiger partial charge in [-0.1, -0.05) is 30.3 Å². The van der Waals surface area contributed by atoms with Crippen molar-refractivity contribution < 1.29 is 32.7 Å². The molecule has 0 aliphatic carbocycles. The predicted molar refractivity (Wildman–Crippen MR) is 139 cm³/mol. The average Bonchev–Trinajstić information content (AvgIpc) is 3.58. The fraction of sp³-hybridized carbons (Fsp3) is 0.143. The van der Waals surface area contributed by atoms with Crippen LogP contribution in [0.25, 0.3) is 17.0 Å². The van der Waals surface area contributed by atoms with E-state index in [1.807, 2.05) is 24.3 Å². The third kappa shape index (κ3) is 4.89. The Morgan fingerprint density at radius 1 is 1.08 bits per heavy atom. The number of nitrogens with one attached hydrogen (secondary N) is 2. The van der Waals surface area contributed by atoms with Gasteiger partial charge in [0.15, 0.2) is 0 Å². The number of carbonyl (C=O) groups is 4. The highest BCUT2D eigenvalue weighted by Crippen LogP contribution is 2.29. The number of urea groups is 1. The number of aromatic nitrogens is 1. The van der Waals surface area contributed by atoms with Crippen LogP contribution in [0.15, 0.2) is 70.8 Å². The van der Waals surface area contributed by atoms with Crippen molar-refractivity contribution in [2.75, 3.05) is 12.4 Å². The maximum absolute atomic E-state index is 14.0. The Morgan fingerprint density at radius 2 is 1.82 bits per heavy atom. The molecule has 1 fully saturated rings. The Bertz CT molecular complexity index is 1670. The van der Waals surface area contributed by atoms with Gasteiger partial charge in [-0.15, -0.1) is 0 Å². The lowest BCUT2D eigenvalue weighted by atomic mass is 10.1. The molecule has 1 saturated heterocycles. The quantitative estimate of drug-likeness (QED) is 0.210. The van der Waals surface area contributed by atoms with Gasteiger partial charge in [-0.25, -0.2) is 14.0 Å². The molecule has 10 nitrogen and oxygen atoms in total. The maximum Gasteiger partial charge on any atom is 0.373 e. The van der Waals surface area contributed by atoms with Crippen LogP contribution < -0.4 is 10.6 Å². The fourth-order valence-corrected chi connectivity index (χ4v) is 4.43. The van der Waals surface area contributed by atoms with E-state index in [1.54, 1.807) is 23.6 Å². The second-order valence-electron chi connectivity index (χ2n) is 8.77. The molecule has 0 radical (unpaired) electrons. The molecule has 1 aliphatic rings. The zero-order valence-electron chi connectivity index (χ0n) is 21.0. The van der Waals surface area contributed by atoms with Crippen LogP contribution in [0.5, 0.6) is 0 Å². The molecule has 0 atom stereocenters. The molecular formula is C28H23FN4O6. The first-order valence-corrected chi connectivity index (χ1v) is 11.9. The van der Waals surface area contributed by atoms with Crippen LogP contribution >= 0.6 is 0 Å². The van der Waals surface area contributed by atoms with Crippen LogP contribution in [-0.2, 0) is 27.4 Å². The van der Waals surface area contributed by atoms with Gasteiger partial charge in [0.05, 0.1) is 19.3 Å². The van der Waals surface area contributed by atoms with Crippen molar-refractivity contribution in [3.63, 3.8) is 0 Å². The monoisotopic (exact) mass is 530 g/mol. The highest BCUT2D eigenvalue weighted by molar-refractivity contribution is 6.14. The molecule has 11 heteroatoms. The van der Waals surface area contributed by atoms with Crippen molar-refractivity contribution in [2.24, 2.45) is 0 Å². The van der Waals surface area contributed by atoms with E-state index < -0.39 is 29.6 Å². The Morgan fingerprint density at radius 3 is 2.59 bits per heavy atom. The summed E-state index contributed by atoms with van der Waals surface area (Å²) in [7, 11) is 1.22. The van der Waals surface area contributed by atoms with Crippen LogP contribution in [0.3, 0.4) is 0 Å². The van der Waals surface area contributed by atoms with Crippen molar-refractivity contribution >= 4 is 46.5 Å². The van der Waals surface area contributed by atoms with Gasteiger partial charge in [0.1, 0.15) is 23.8 Å². The first-order chi connectivity index (χ1) is 18.8. The van der Waals surface area contributed by atoms with Crippen molar-refractivity contribution in [2.45, 2.75) is 20.0 Å². The molecule has 3 heterocycles. The molecule has 2 aromatic carbocycles. The molecule has 0 bridgehead atoms. The molecule has 4 amide bonds. The number of anilines is 1. The van der Waals surface area contributed by atoms with Gasteiger partial charge < -0.3 is 24.4 Å². The summed E-state index contributed by atoms with van der Waals surface area (Å²) < 4.78 is 25.8. The molecule has 39 heavy (non-hydrogen) atoms. The number of methoxy groups -OCH3 is 1. The normalized spacial score (nSPS) is 14.2. The van der Waals surface area contributed by atoms with Gasteiger partial charge in [-0.05, 0) is 43.3 Å². The van der Waals surface area contributed by atoms with Gasteiger partial charge in [-0.2, -0.15) is 0 Å². The topological polar surface area (TPSA) is 123 Å². The van der Waals surface area contributed by atoms with Crippen LogP contribution in [0, 0.1) is 12.7 Å². The number of esters is 1. The highest BCUT2D eigenvalue weighted by atomic mass is 19.1. The Labute approximate surface area is 221 Å². The number of carbonyl (C=O) groups excluding carboxylic acids is 4. The third-order valence-electron chi connectivity index (χ3n) is 6.34. The van der Waals surface area contributed by atoms with E-state index in [-0.39, 0.29) is 36.0 Å². The van der Waals surface area contributed by atoms with Gasteiger partial charge >= 0.3 is 12.0 Å². The number of hydrogen-bond donors (Lipinski definition) is 2. The lowest BCUT2D eigenvalue weighted by Gasteiger charge is -2.10. The van der Waals surface area contributed by atoms with Crippen molar-refractivity contribution in [1.29, 1.82) is 0 Å². The summed E-state index contributed by atoms with van der Waals surface area (Å²) in [4.78, 5) is 51.1. The smallest absolute Gasteiger partial charge is 0.373 e. The van der Waals surface area contributed by atoms with Gasteiger partial charge in [0.25, 0.3) is 5.91 Å². The number of ether oxygens (including phenoxy) is 1. The zero-order chi connectivity index (χ0) is 27.7. The summed E-state index contributed by atoms with van der Waals surface area (Å²) in [6.45, 7) is 1.51. The molecule has 0 spiro atoms. The molecule has 198 valence electrons. The third-order valence-corrected chi connectivity index (χ3v) is 6.34. The molecule has 4 aromatic rings. The first kappa shape index (κ1) is 25.5. The van der Waals surface area contributed by atoms with E-state index in [1.165, 1.54) is 37.4 Å². The van der Waals surface area contributed by atoms with Crippen LogP contribution in [-0.4, -0.2) is 40.4 Å². The van der Waals surface area contributed by atoms with Crippen LogP contribution in [0.1, 0.15) is 27.6 Å². The number of hydrogen-bond acceptors (Lipinski definition) is 6. The number of imide groups is 1. The van der Waals surface area contributed by atoms with E-state index in [4.69, 9.17) is 4.42 Å². The number of nitrogens with zero attached hydrogens (tertiary/aromatic N) is 2. The molecule has 5 rings (SSSR count). The van der Waals surface area contributed by atoms with E-state index in [9.17, 15) is 23.6 Å². The lowest BCUT2D eigenvalue weighted by molar-refractivity contribution is -0.123. The number of halogens is 1. The second kappa shape index (κ2) is 10.3. The number of benzene rings is 2. The minimum absolute atomic E-state index is 0.0431. The SMILES string of the molecule is COC(=O)c1ccc(CN2C(=O)N/C(=C\c3c(C)n(CC(=O)Nc4ccccc4F)c4ccccc34)C2=O)o1. The average molecular weight is 531 g/mol. The number of fused-ring (bicyclic) bond motifs is 1. The summed E-state index contributed by atoms with van der Waals surface area (Å²) in [5.41, 5.74) is 2.16. The lowest BCUT2D eigenvalue weighted by Crippen LogP contribution is -2.30. The first-order valence-electron chi connectivity index (χ1n) is 11.9. The highest BCUT2D eigenvalue weighted by Gasteiger charge is 2.35. The van der Waals surface area contributed by atoms with E-state index in [0.29, 0.717) is 11.3 Å². The number of para-hydroxylation sites is 2. The maximum atomic E-state index is 14.0. The summed E-state index contributed by atoms with van der Waals surface area (Å²) in [6.07, 6.45) is 1.56. The number of furan rings is 1. The standard InChI is InChI=1S/C28H23FN4O6/c1-16-19(13-22-26(35)33(28(37)31-22)14-17-11-12-24(39-17)27(36)38-2)18-7-3-6-10-23(18)32(16)15-25(34)30-21-9-5-4-8-20(21)29/h3-13H,14-15H2,1-2H3,(H,30,34)(H,31,37)/b22-13-. The molecule has 2 aromatic heterocycles. The second-order valence-corrected chi connectivity index (χ2v) is 8.77. The Hall–Kier alpha value is -5.19. The van der Waals surface area contributed by atoms with E-state index in [0.717, 1.165) is 15.8 Å². The summed E-state index contributed by atoms with van der Waals surface area (Å²) in [5, 5.41) is 5.92. The van der Waals surface area contributed by atoms with Gasteiger partial charge in [-0.3, -0.25) is 14.5 Å². The molecule has 0 saturated carbocycles. The largest absolute Gasteiger partial charge is 0.463 e. The molecule has 0 unspecified atom stereocenters. The zero-order valence-corrected chi connectivity index (χ0v) is 21.0. The minimum Gasteiger partial charge on any atom is -0.463 e. The van der Waals surface area contributed by atoms with E-state index >= 15 is 0 Å². The summed E-state index contributed by atoms with van der Waals surface area (Å²) in [5.74, 6) is -2.03. The van der Waals surface area contributed by atoms with Crippen molar-refractivity contribution in [1.82, 2.24) is 14.8 Å². The predicted octanol–water partition coefficient (Wildman–Crippen LogP) is 4.20. The van der Waals surface area contributed by atoms with Crippen LogP contribution in [0.4, 0.5) is 14.9 Å². The minimum atomic E-state index is -0.673. The summed E-state index contributed by atoms with van der Waals surface area (Å²) >= 11 is 0. The van der Waals surface area contributed by atoms with Crippen molar-refractivity contribution in [3.05, 3.63) is 95.0 Å². The Kier molecular flexibility index (Phi) is 6.72. The van der Waals surface area contributed by atoms with Crippen LogP contribution in [0.2, 0.25) is 0 Å². The fourth-order valence-electron chi connectivity index (χ4n) is 4.43. The van der Waals surface area contributed by atoms with E-state index in [2.05, 4.69) is 15.4 Å². The molecule has 1 aliphatic heterocycles. The molecule has 2 N–H and O–H groups in total. The van der Waals surface area contributed by atoms with Crippen molar-refractivity contribution in [3.8, 4) is 0 Å². The van der Waals surface area contributed by atoms with Gasteiger partial charge in [0, 0.05) is 22.2 Å². The number of amides is 4. The summed E-state index contributed by atoms with van der Waals surface area (Å²) in [6, 6.07) is 15.5. The van der Waals surface area contributed by atoms with Gasteiger partial charge in [0.2, 0.25) is 11.7 Å². The molecular weight excluding hydrogens is 507 g/mol. The number of rotatable bonds is 7.